The highest BCUT2D eigenvalue weighted by atomic mass is 35.5. The lowest BCUT2D eigenvalue weighted by atomic mass is 10.2. The van der Waals surface area contributed by atoms with E-state index < -0.39 is 0 Å². The number of unbranched alkanes of at least 4 members (excludes halogenated alkanes) is 1. The van der Waals surface area contributed by atoms with E-state index in [2.05, 4.69) is 52.9 Å². The van der Waals surface area contributed by atoms with Crippen LogP contribution in [0.3, 0.4) is 0 Å². The van der Waals surface area contributed by atoms with E-state index >= 15 is 0 Å². The van der Waals surface area contributed by atoms with Gasteiger partial charge in [0, 0.05) is 17.3 Å². The summed E-state index contributed by atoms with van der Waals surface area (Å²) in [6.45, 7) is 8.97. The number of benzene rings is 1. The van der Waals surface area contributed by atoms with Crippen molar-refractivity contribution in [2.75, 3.05) is 19.4 Å². The Balaban J connectivity index is 2.19. The number of thioether (sulfide) groups is 1. The normalized spacial score (nSPS) is 13.5. The molecule has 1 aromatic carbocycles. The van der Waals surface area contributed by atoms with Gasteiger partial charge in [0.1, 0.15) is 0 Å². The average Bonchev–Trinajstić information content (AvgIpc) is 3.06. The maximum atomic E-state index is 12.8. The molecule has 1 N–H and O–H groups in total. The Morgan fingerprint density at radius 2 is 2.03 bits per heavy atom. The molecule has 2 rings (SSSR count). The summed E-state index contributed by atoms with van der Waals surface area (Å²) in [6, 6.07) is 5.72. The first kappa shape index (κ1) is 23.7. The van der Waals surface area contributed by atoms with Crippen LogP contribution in [0.5, 0.6) is 0 Å². The topological polar surface area (TPSA) is 63.1 Å². The third-order valence-electron chi connectivity index (χ3n) is 4.97. The lowest BCUT2D eigenvalue weighted by Gasteiger charge is -2.23. The smallest absolute Gasteiger partial charge is 0.237 e. The molecule has 0 aliphatic rings. The van der Waals surface area contributed by atoms with Crippen molar-refractivity contribution in [2.24, 2.45) is 0 Å². The summed E-state index contributed by atoms with van der Waals surface area (Å²) in [4.78, 5) is 14.9. The molecule has 0 bridgehead atoms. The van der Waals surface area contributed by atoms with E-state index in [9.17, 15) is 4.79 Å². The first-order valence-corrected chi connectivity index (χ1v) is 11.4. The molecular formula is C21H32ClN5OS. The highest BCUT2D eigenvalue weighted by Crippen LogP contribution is 2.29. The van der Waals surface area contributed by atoms with E-state index in [0.717, 1.165) is 48.0 Å². The van der Waals surface area contributed by atoms with Crippen molar-refractivity contribution in [1.29, 1.82) is 0 Å². The summed E-state index contributed by atoms with van der Waals surface area (Å²) in [5.74, 6) is 0.887. The van der Waals surface area contributed by atoms with E-state index in [1.165, 1.54) is 11.8 Å². The highest BCUT2D eigenvalue weighted by Gasteiger charge is 2.24. The van der Waals surface area contributed by atoms with Crippen LogP contribution in [0.2, 0.25) is 5.02 Å². The Bertz CT molecular complexity index is 823. The molecule has 2 aromatic rings. The van der Waals surface area contributed by atoms with Crippen molar-refractivity contribution in [2.45, 2.75) is 70.0 Å². The van der Waals surface area contributed by atoms with Crippen molar-refractivity contribution in [3.05, 3.63) is 34.6 Å². The van der Waals surface area contributed by atoms with Crippen LogP contribution in [0.1, 0.15) is 57.5 Å². The predicted octanol–water partition coefficient (Wildman–Crippen LogP) is 5.17. The lowest BCUT2D eigenvalue weighted by Crippen LogP contribution is -2.25. The van der Waals surface area contributed by atoms with E-state index in [0.29, 0.717) is 5.02 Å². The number of hydrogen-bond donors (Lipinski definition) is 1. The van der Waals surface area contributed by atoms with Crippen LogP contribution in [0.15, 0.2) is 23.4 Å². The number of hydrogen-bond acceptors (Lipinski definition) is 5. The Morgan fingerprint density at radius 1 is 1.31 bits per heavy atom. The van der Waals surface area contributed by atoms with Crippen LogP contribution in [0, 0.1) is 6.92 Å². The van der Waals surface area contributed by atoms with Gasteiger partial charge < -0.3 is 9.88 Å². The first-order valence-electron chi connectivity index (χ1n) is 10.1. The van der Waals surface area contributed by atoms with Crippen molar-refractivity contribution in [3.8, 4) is 0 Å². The Kier molecular flexibility index (Phi) is 8.99. The van der Waals surface area contributed by atoms with Crippen LogP contribution in [0.4, 0.5) is 5.69 Å². The van der Waals surface area contributed by atoms with Crippen LogP contribution in [-0.2, 0) is 11.3 Å². The third kappa shape index (κ3) is 5.96. The number of nitrogens with zero attached hydrogens (tertiary/aromatic N) is 4. The van der Waals surface area contributed by atoms with E-state index in [1.54, 1.807) is 0 Å². The molecule has 0 saturated carbocycles. The Hall–Kier alpha value is -1.57. The molecule has 29 heavy (non-hydrogen) atoms. The number of rotatable bonds is 10. The fourth-order valence-electron chi connectivity index (χ4n) is 3.13. The Labute approximate surface area is 183 Å². The van der Waals surface area contributed by atoms with Crippen LogP contribution >= 0.6 is 23.4 Å². The fraction of sp³-hybridized carbons (Fsp3) is 0.571. The van der Waals surface area contributed by atoms with Gasteiger partial charge in [-0.1, -0.05) is 49.7 Å². The van der Waals surface area contributed by atoms with Gasteiger partial charge in [-0.2, -0.15) is 0 Å². The maximum absolute atomic E-state index is 12.8. The summed E-state index contributed by atoms with van der Waals surface area (Å²) < 4.78 is 2.18. The standard InChI is InChI=1S/C21H32ClN5OS/c1-7-9-13-27-19(18(8-2)26(5)6)24-25-21(27)29-15(4)20(28)23-17-12-10-11-16(22)14(17)3/h10-12,15,18H,7-9,13H2,1-6H3,(H,23,28). The van der Waals surface area contributed by atoms with Gasteiger partial charge in [0.25, 0.3) is 0 Å². The predicted molar refractivity (Wildman–Crippen MR) is 122 cm³/mol. The quantitative estimate of drug-likeness (QED) is 0.519. The maximum Gasteiger partial charge on any atom is 0.237 e. The zero-order valence-corrected chi connectivity index (χ0v) is 19.8. The largest absolute Gasteiger partial charge is 0.325 e. The number of nitrogens with one attached hydrogen (secondary N) is 1. The van der Waals surface area contributed by atoms with Gasteiger partial charge in [-0.3, -0.25) is 9.69 Å². The molecule has 1 amide bonds. The van der Waals surface area contributed by atoms with Crippen LogP contribution in [-0.4, -0.2) is 44.9 Å². The molecule has 6 nitrogen and oxygen atoms in total. The monoisotopic (exact) mass is 437 g/mol. The summed E-state index contributed by atoms with van der Waals surface area (Å²) in [7, 11) is 4.12. The number of carbonyl (C=O) groups is 1. The zero-order chi connectivity index (χ0) is 21.6. The molecule has 0 saturated heterocycles. The van der Waals surface area contributed by atoms with Crippen LogP contribution in [0.25, 0.3) is 0 Å². The number of aromatic nitrogens is 3. The Morgan fingerprint density at radius 3 is 2.66 bits per heavy atom. The van der Waals surface area contributed by atoms with Gasteiger partial charge in [0.2, 0.25) is 5.91 Å². The second-order valence-electron chi connectivity index (χ2n) is 7.40. The molecule has 2 unspecified atom stereocenters. The van der Waals surface area contributed by atoms with Crippen molar-refractivity contribution in [3.63, 3.8) is 0 Å². The van der Waals surface area contributed by atoms with Crippen molar-refractivity contribution in [1.82, 2.24) is 19.7 Å². The van der Waals surface area contributed by atoms with E-state index in [4.69, 9.17) is 11.6 Å². The van der Waals surface area contributed by atoms with Gasteiger partial charge >= 0.3 is 0 Å². The fourth-order valence-corrected chi connectivity index (χ4v) is 4.18. The minimum atomic E-state index is -0.315. The second kappa shape index (κ2) is 11.0. The molecule has 0 fully saturated rings. The van der Waals surface area contributed by atoms with Crippen LogP contribution < -0.4 is 5.32 Å². The SMILES string of the molecule is CCCCn1c(SC(C)C(=O)Nc2cccc(Cl)c2C)nnc1C(CC)N(C)C. The first-order chi connectivity index (χ1) is 13.8. The van der Waals surface area contributed by atoms with E-state index in [-0.39, 0.29) is 17.2 Å². The summed E-state index contributed by atoms with van der Waals surface area (Å²) in [5.41, 5.74) is 1.60. The molecule has 0 radical (unpaired) electrons. The van der Waals surface area contributed by atoms with Gasteiger partial charge in [-0.15, -0.1) is 10.2 Å². The van der Waals surface area contributed by atoms with Gasteiger partial charge in [-0.25, -0.2) is 0 Å². The molecule has 1 heterocycles. The summed E-state index contributed by atoms with van der Waals surface area (Å²) >= 11 is 7.61. The van der Waals surface area contributed by atoms with E-state index in [1.807, 2.05) is 32.0 Å². The number of anilines is 1. The lowest BCUT2D eigenvalue weighted by molar-refractivity contribution is -0.115. The van der Waals surface area contributed by atoms with Gasteiger partial charge in [-0.05, 0) is 58.5 Å². The summed E-state index contributed by atoms with van der Waals surface area (Å²) in [5, 5.41) is 13.0. The number of halogens is 1. The van der Waals surface area contributed by atoms with Gasteiger partial charge in [0.15, 0.2) is 11.0 Å². The van der Waals surface area contributed by atoms with Crippen molar-refractivity contribution >= 4 is 35.0 Å². The molecule has 0 spiro atoms. The average molecular weight is 438 g/mol. The molecule has 1 aromatic heterocycles. The van der Waals surface area contributed by atoms with Gasteiger partial charge in [0.05, 0.1) is 11.3 Å². The summed E-state index contributed by atoms with van der Waals surface area (Å²) in [6.07, 6.45) is 3.08. The molecule has 160 valence electrons. The third-order valence-corrected chi connectivity index (χ3v) is 6.46. The van der Waals surface area contributed by atoms with Crippen molar-refractivity contribution < 1.29 is 4.79 Å². The molecule has 0 aliphatic heterocycles. The molecule has 2 atom stereocenters. The number of amides is 1. The minimum Gasteiger partial charge on any atom is -0.325 e. The molecule has 0 aliphatic carbocycles. The highest BCUT2D eigenvalue weighted by molar-refractivity contribution is 8.00. The second-order valence-corrected chi connectivity index (χ2v) is 9.11. The number of carbonyl (C=O) groups excluding carboxylic acids is 1. The molecular weight excluding hydrogens is 406 g/mol. The minimum absolute atomic E-state index is 0.0772. The molecule has 8 heteroatoms. The zero-order valence-electron chi connectivity index (χ0n) is 18.2.